The number of thioether (sulfide) groups is 1. The predicted octanol–water partition coefficient (Wildman–Crippen LogP) is 5.39. The van der Waals surface area contributed by atoms with Gasteiger partial charge in [0.2, 0.25) is 5.89 Å². The zero-order valence-corrected chi connectivity index (χ0v) is 19.5. The van der Waals surface area contributed by atoms with Crippen molar-refractivity contribution in [3.05, 3.63) is 66.1 Å². The molecule has 2 aromatic carbocycles. The highest BCUT2D eigenvalue weighted by Crippen LogP contribution is 2.30. The number of ether oxygens (including phenoxy) is 2. The van der Waals surface area contributed by atoms with E-state index in [1.165, 1.54) is 5.56 Å². The van der Waals surface area contributed by atoms with E-state index in [2.05, 4.69) is 38.8 Å². The Morgan fingerprint density at radius 2 is 1.85 bits per heavy atom. The van der Waals surface area contributed by atoms with Crippen LogP contribution in [0.3, 0.4) is 0 Å². The minimum absolute atomic E-state index is 0.178. The molecule has 0 saturated carbocycles. The molecule has 0 bridgehead atoms. The molecule has 0 radical (unpaired) electrons. The van der Waals surface area contributed by atoms with E-state index in [0.717, 1.165) is 59.5 Å². The van der Waals surface area contributed by atoms with Crippen molar-refractivity contribution in [2.24, 2.45) is 0 Å². The third kappa shape index (κ3) is 4.96. The lowest BCUT2D eigenvalue weighted by Gasteiger charge is -2.14. The molecule has 4 aromatic rings. The average Bonchev–Trinajstić information content (AvgIpc) is 3.61. The van der Waals surface area contributed by atoms with Crippen LogP contribution in [0.1, 0.15) is 24.1 Å². The van der Waals surface area contributed by atoms with Crippen molar-refractivity contribution < 1.29 is 13.9 Å². The molecule has 1 atom stereocenters. The van der Waals surface area contributed by atoms with Crippen molar-refractivity contribution in [2.75, 3.05) is 13.7 Å². The molecular formula is C25H26N4O3S. The Hall–Kier alpha value is -3.10. The molecule has 2 aromatic heterocycles. The van der Waals surface area contributed by atoms with Crippen LogP contribution in [-0.4, -0.2) is 39.6 Å². The molecule has 0 N–H and O–H groups in total. The molecule has 1 aliphatic rings. The first-order valence-electron chi connectivity index (χ1n) is 11.0. The van der Waals surface area contributed by atoms with Crippen LogP contribution < -0.4 is 4.74 Å². The fourth-order valence-electron chi connectivity index (χ4n) is 3.85. The summed E-state index contributed by atoms with van der Waals surface area (Å²) < 4.78 is 19.1. The summed E-state index contributed by atoms with van der Waals surface area (Å²) in [5, 5.41) is 9.85. The number of hydrogen-bond acceptors (Lipinski definition) is 7. The topological polar surface area (TPSA) is 75.2 Å². The zero-order valence-electron chi connectivity index (χ0n) is 18.7. The SMILES string of the molecule is COc1ccc(-c2nnc(SCc3coc(-c4ccc(C)cc4)n3)n2CC2CCCO2)cc1. The molecule has 33 heavy (non-hydrogen) atoms. The minimum Gasteiger partial charge on any atom is -0.497 e. The molecule has 5 rings (SSSR count). The van der Waals surface area contributed by atoms with Crippen LogP contribution in [-0.2, 0) is 17.0 Å². The van der Waals surface area contributed by atoms with E-state index in [1.54, 1.807) is 25.1 Å². The maximum Gasteiger partial charge on any atom is 0.226 e. The first-order chi connectivity index (χ1) is 16.2. The van der Waals surface area contributed by atoms with Crippen LogP contribution >= 0.6 is 11.8 Å². The number of nitrogens with zero attached hydrogens (tertiary/aromatic N) is 4. The summed E-state index contributed by atoms with van der Waals surface area (Å²) in [6.45, 7) is 3.60. The van der Waals surface area contributed by atoms with Gasteiger partial charge in [-0.25, -0.2) is 4.98 Å². The highest BCUT2D eigenvalue weighted by molar-refractivity contribution is 7.98. The normalized spacial score (nSPS) is 15.8. The Morgan fingerprint density at radius 3 is 2.58 bits per heavy atom. The van der Waals surface area contributed by atoms with Crippen molar-refractivity contribution in [1.29, 1.82) is 0 Å². The van der Waals surface area contributed by atoms with E-state index in [9.17, 15) is 0 Å². The molecule has 0 aliphatic carbocycles. The van der Waals surface area contributed by atoms with Crippen molar-refractivity contribution in [3.63, 3.8) is 0 Å². The van der Waals surface area contributed by atoms with Crippen LogP contribution in [0.2, 0.25) is 0 Å². The molecule has 0 spiro atoms. The Kier molecular flexibility index (Phi) is 6.46. The van der Waals surface area contributed by atoms with Crippen LogP contribution in [0.5, 0.6) is 5.75 Å². The summed E-state index contributed by atoms with van der Waals surface area (Å²) in [4.78, 5) is 4.66. The zero-order chi connectivity index (χ0) is 22.6. The van der Waals surface area contributed by atoms with Gasteiger partial charge in [0.15, 0.2) is 11.0 Å². The molecule has 1 aliphatic heterocycles. The summed E-state index contributed by atoms with van der Waals surface area (Å²) in [7, 11) is 1.66. The van der Waals surface area contributed by atoms with Gasteiger partial charge in [-0.3, -0.25) is 4.57 Å². The second kappa shape index (κ2) is 9.80. The van der Waals surface area contributed by atoms with Gasteiger partial charge in [0.05, 0.1) is 25.5 Å². The van der Waals surface area contributed by atoms with Gasteiger partial charge in [0.25, 0.3) is 0 Å². The fourth-order valence-corrected chi connectivity index (χ4v) is 4.67. The first kappa shape index (κ1) is 21.7. The number of aromatic nitrogens is 4. The number of oxazole rings is 1. The summed E-state index contributed by atoms with van der Waals surface area (Å²) >= 11 is 1.60. The van der Waals surface area contributed by atoms with Crippen molar-refractivity contribution in [1.82, 2.24) is 19.7 Å². The molecule has 1 unspecified atom stereocenters. The molecule has 7 nitrogen and oxygen atoms in total. The van der Waals surface area contributed by atoms with E-state index in [1.807, 2.05) is 36.4 Å². The van der Waals surface area contributed by atoms with Crippen molar-refractivity contribution in [3.8, 4) is 28.6 Å². The van der Waals surface area contributed by atoms with E-state index < -0.39 is 0 Å². The molecule has 8 heteroatoms. The lowest BCUT2D eigenvalue weighted by molar-refractivity contribution is 0.0953. The van der Waals surface area contributed by atoms with Crippen molar-refractivity contribution >= 4 is 11.8 Å². The average molecular weight is 463 g/mol. The lowest BCUT2D eigenvalue weighted by atomic mass is 10.1. The number of rotatable bonds is 8. The van der Waals surface area contributed by atoms with E-state index >= 15 is 0 Å². The van der Waals surface area contributed by atoms with E-state index in [-0.39, 0.29) is 6.10 Å². The van der Waals surface area contributed by atoms with Crippen LogP contribution in [0, 0.1) is 6.92 Å². The Balaban J connectivity index is 1.36. The minimum atomic E-state index is 0.178. The molecular weight excluding hydrogens is 436 g/mol. The van der Waals surface area contributed by atoms with Gasteiger partial charge in [0, 0.05) is 23.5 Å². The third-order valence-corrected chi connectivity index (χ3v) is 6.68. The van der Waals surface area contributed by atoms with Gasteiger partial charge in [-0.05, 0) is 56.2 Å². The number of benzene rings is 2. The Morgan fingerprint density at radius 1 is 1.06 bits per heavy atom. The van der Waals surface area contributed by atoms with E-state index in [0.29, 0.717) is 11.6 Å². The molecule has 3 heterocycles. The van der Waals surface area contributed by atoms with Crippen LogP contribution in [0.4, 0.5) is 0 Å². The standard InChI is InChI=1S/C25H26N4O3S/c1-17-5-7-19(8-6-17)24-26-20(15-32-24)16-33-25-28-27-23(18-9-11-21(30-2)12-10-18)29(25)14-22-4-3-13-31-22/h5-12,15,22H,3-4,13-14,16H2,1-2H3. The Bertz CT molecular complexity index is 1200. The number of methoxy groups -OCH3 is 1. The monoisotopic (exact) mass is 462 g/mol. The molecule has 1 saturated heterocycles. The first-order valence-corrected chi connectivity index (χ1v) is 12.0. The maximum atomic E-state index is 5.90. The van der Waals surface area contributed by atoms with Gasteiger partial charge >= 0.3 is 0 Å². The second-order valence-electron chi connectivity index (χ2n) is 8.08. The van der Waals surface area contributed by atoms with Gasteiger partial charge in [-0.2, -0.15) is 0 Å². The quantitative estimate of drug-likeness (QED) is 0.325. The highest BCUT2D eigenvalue weighted by Gasteiger charge is 2.22. The summed E-state index contributed by atoms with van der Waals surface area (Å²) in [5.74, 6) is 2.91. The van der Waals surface area contributed by atoms with E-state index in [4.69, 9.17) is 13.9 Å². The number of aryl methyl sites for hydroxylation is 1. The molecule has 1 fully saturated rings. The molecule has 170 valence electrons. The van der Waals surface area contributed by atoms with Crippen LogP contribution in [0.15, 0.2) is 64.4 Å². The van der Waals surface area contributed by atoms with Crippen molar-refractivity contribution in [2.45, 2.75) is 43.3 Å². The molecule has 0 amide bonds. The van der Waals surface area contributed by atoms with Crippen LogP contribution in [0.25, 0.3) is 22.8 Å². The predicted molar refractivity (Wildman–Crippen MR) is 127 cm³/mol. The highest BCUT2D eigenvalue weighted by atomic mass is 32.2. The lowest BCUT2D eigenvalue weighted by Crippen LogP contribution is -2.16. The summed E-state index contributed by atoms with van der Waals surface area (Å²) in [6.07, 6.45) is 4.03. The van der Waals surface area contributed by atoms with Gasteiger partial charge in [0.1, 0.15) is 12.0 Å². The van der Waals surface area contributed by atoms with Gasteiger partial charge in [-0.1, -0.05) is 29.5 Å². The largest absolute Gasteiger partial charge is 0.497 e. The fraction of sp³-hybridized carbons (Fsp3) is 0.320. The number of hydrogen-bond donors (Lipinski definition) is 0. The maximum absolute atomic E-state index is 5.90. The Labute approximate surface area is 197 Å². The smallest absolute Gasteiger partial charge is 0.226 e. The summed E-state index contributed by atoms with van der Waals surface area (Å²) in [6, 6.07) is 16.1. The summed E-state index contributed by atoms with van der Waals surface area (Å²) in [5.41, 5.74) is 4.05. The van der Waals surface area contributed by atoms with Gasteiger partial charge in [-0.15, -0.1) is 10.2 Å². The van der Waals surface area contributed by atoms with Gasteiger partial charge < -0.3 is 13.9 Å². The second-order valence-corrected chi connectivity index (χ2v) is 9.02. The third-order valence-electron chi connectivity index (χ3n) is 5.67.